The first-order valence-electron chi connectivity index (χ1n) is 12.8. The van der Waals surface area contributed by atoms with Crippen molar-refractivity contribution in [3.05, 3.63) is 53.2 Å². The zero-order valence-electron chi connectivity index (χ0n) is 20.5. The van der Waals surface area contributed by atoms with Gasteiger partial charge in [0.1, 0.15) is 0 Å². The maximum atomic E-state index is 12.6. The van der Waals surface area contributed by atoms with Gasteiger partial charge in [0.15, 0.2) is 11.5 Å². The molecule has 0 bridgehead atoms. The number of hydrogen-bond donors (Lipinski definition) is 3. The highest BCUT2D eigenvalue weighted by atomic mass is 35.5. The molecule has 2 aliphatic rings. The molecule has 37 heavy (non-hydrogen) atoms. The lowest BCUT2D eigenvalue weighted by molar-refractivity contribution is 0.0378. The Morgan fingerprint density at radius 1 is 1.16 bits per heavy atom. The van der Waals surface area contributed by atoms with Crippen LogP contribution in [0.3, 0.4) is 0 Å². The summed E-state index contributed by atoms with van der Waals surface area (Å²) in [4.78, 5) is 24.6. The van der Waals surface area contributed by atoms with Crippen LogP contribution in [0.15, 0.2) is 42.6 Å². The third-order valence-electron chi connectivity index (χ3n) is 6.92. The molecule has 4 aromatic rings. The Morgan fingerprint density at radius 3 is 2.78 bits per heavy atom. The van der Waals surface area contributed by atoms with Crippen molar-refractivity contribution in [1.82, 2.24) is 24.6 Å². The SMILES string of the molecule is Nc1ccc2c(c1)nc(NCCCN1CCOCC1)c1ncc(-c3ccc(C(=O)NC4CC4)c(Cl)c3)n12. The van der Waals surface area contributed by atoms with Crippen molar-refractivity contribution in [3.8, 4) is 11.3 Å². The van der Waals surface area contributed by atoms with Crippen LogP contribution in [0.4, 0.5) is 11.5 Å². The van der Waals surface area contributed by atoms with E-state index in [9.17, 15) is 4.79 Å². The third kappa shape index (κ3) is 5.07. The van der Waals surface area contributed by atoms with Crippen LogP contribution in [-0.2, 0) is 4.74 Å². The lowest BCUT2D eigenvalue weighted by Gasteiger charge is -2.26. The Labute approximate surface area is 220 Å². The molecule has 0 unspecified atom stereocenters. The lowest BCUT2D eigenvalue weighted by atomic mass is 10.1. The van der Waals surface area contributed by atoms with E-state index in [2.05, 4.69) is 19.9 Å². The molecule has 1 aliphatic carbocycles. The summed E-state index contributed by atoms with van der Waals surface area (Å²) in [6.45, 7) is 5.33. The van der Waals surface area contributed by atoms with Crippen molar-refractivity contribution in [1.29, 1.82) is 0 Å². The largest absolute Gasteiger partial charge is 0.399 e. The molecule has 2 aromatic carbocycles. The van der Waals surface area contributed by atoms with Gasteiger partial charge in [0.25, 0.3) is 5.91 Å². The van der Waals surface area contributed by atoms with Crippen LogP contribution < -0.4 is 16.4 Å². The van der Waals surface area contributed by atoms with Crippen LogP contribution in [0.2, 0.25) is 5.02 Å². The highest BCUT2D eigenvalue weighted by molar-refractivity contribution is 6.34. The van der Waals surface area contributed by atoms with E-state index in [-0.39, 0.29) is 11.9 Å². The van der Waals surface area contributed by atoms with Crippen molar-refractivity contribution in [2.24, 2.45) is 0 Å². The van der Waals surface area contributed by atoms with Gasteiger partial charge in [0.05, 0.1) is 46.7 Å². The van der Waals surface area contributed by atoms with Crippen molar-refractivity contribution >= 4 is 45.7 Å². The topological polar surface area (TPSA) is 110 Å². The van der Waals surface area contributed by atoms with E-state index < -0.39 is 0 Å². The molecule has 9 nitrogen and oxygen atoms in total. The summed E-state index contributed by atoms with van der Waals surface area (Å²) in [6.07, 6.45) is 4.86. The Kier molecular flexibility index (Phi) is 6.58. The minimum Gasteiger partial charge on any atom is -0.399 e. The fourth-order valence-corrected chi connectivity index (χ4v) is 5.02. The number of nitrogens with two attached hydrogens (primary N) is 1. The molecular weight excluding hydrogens is 490 g/mol. The van der Waals surface area contributed by atoms with Gasteiger partial charge in [-0.15, -0.1) is 0 Å². The summed E-state index contributed by atoms with van der Waals surface area (Å²) in [7, 11) is 0. The number of rotatable bonds is 8. The Bertz CT molecular complexity index is 1460. The van der Waals surface area contributed by atoms with Crippen molar-refractivity contribution in [2.75, 3.05) is 50.4 Å². The summed E-state index contributed by atoms with van der Waals surface area (Å²) < 4.78 is 7.51. The van der Waals surface area contributed by atoms with Crippen LogP contribution in [-0.4, -0.2) is 70.6 Å². The first-order chi connectivity index (χ1) is 18.1. The number of imidazole rings is 1. The number of nitrogen functional groups attached to an aromatic ring is 1. The number of amides is 1. The molecule has 3 heterocycles. The van der Waals surface area contributed by atoms with Gasteiger partial charge >= 0.3 is 0 Å². The minimum absolute atomic E-state index is 0.133. The fraction of sp³-hybridized carbons (Fsp3) is 0.370. The van der Waals surface area contributed by atoms with Crippen molar-refractivity contribution in [2.45, 2.75) is 25.3 Å². The summed E-state index contributed by atoms with van der Waals surface area (Å²) in [5, 5.41) is 6.90. The molecule has 6 rings (SSSR count). The van der Waals surface area contributed by atoms with Crippen LogP contribution in [0, 0.1) is 0 Å². The van der Waals surface area contributed by atoms with Gasteiger partial charge in [-0.1, -0.05) is 17.7 Å². The van der Waals surface area contributed by atoms with Gasteiger partial charge in [0, 0.05) is 36.9 Å². The minimum atomic E-state index is -0.133. The normalized spacial score (nSPS) is 16.4. The van der Waals surface area contributed by atoms with Crippen LogP contribution in [0.5, 0.6) is 0 Å². The molecule has 0 spiro atoms. The van der Waals surface area contributed by atoms with Crippen LogP contribution in [0.1, 0.15) is 29.6 Å². The fourth-order valence-electron chi connectivity index (χ4n) is 4.76. The number of nitrogens with one attached hydrogen (secondary N) is 2. The van der Waals surface area contributed by atoms with Gasteiger partial charge in [-0.05, 0) is 56.1 Å². The zero-order chi connectivity index (χ0) is 25.4. The number of benzene rings is 2. The summed E-state index contributed by atoms with van der Waals surface area (Å²) >= 11 is 6.57. The average Bonchev–Trinajstić information content (AvgIpc) is 3.60. The molecule has 0 atom stereocenters. The number of anilines is 2. The molecule has 1 saturated heterocycles. The summed E-state index contributed by atoms with van der Waals surface area (Å²) in [6, 6.07) is 11.5. The third-order valence-corrected chi connectivity index (χ3v) is 7.23. The highest BCUT2D eigenvalue weighted by Crippen LogP contribution is 2.32. The van der Waals surface area contributed by atoms with E-state index in [1.165, 1.54) is 0 Å². The van der Waals surface area contributed by atoms with Gasteiger partial charge in [-0.3, -0.25) is 14.1 Å². The Balaban J connectivity index is 1.31. The first-order valence-corrected chi connectivity index (χ1v) is 13.2. The number of fused-ring (bicyclic) bond motifs is 3. The molecule has 1 amide bonds. The molecule has 1 saturated carbocycles. The molecule has 0 radical (unpaired) electrons. The predicted octanol–water partition coefficient (Wildman–Crippen LogP) is 3.81. The number of carbonyl (C=O) groups excluding carboxylic acids is 1. The number of halogens is 1. The van der Waals surface area contributed by atoms with Gasteiger partial charge in [0.2, 0.25) is 0 Å². The molecule has 192 valence electrons. The second kappa shape index (κ2) is 10.2. The predicted molar refractivity (Wildman–Crippen MR) is 146 cm³/mol. The van der Waals surface area contributed by atoms with E-state index in [1.807, 2.05) is 36.5 Å². The molecule has 10 heteroatoms. The molecule has 2 fully saturated rings. The smallest absolute Gasteiger partial charge is 0.253 e. The first kappa shape index (κ1) is 24.0. The number of aromatic nitrogens is 3. The summed E-state index contributed by atoms with van der Waals surface area (Å²) in [5.74, 6) is 0.573. The van der Waals surface area contributed by atoms with E-state index in [0.717, 1.165) is 86.6 Å². The van der Waals surface area contributed by atoms with E-state index in [4.69, 9.17) is 32.0 Å². The number of carbonyl (C=O) groups is 1. The molecule has 1 aliphatic heterocycles. The number of ether oxygens (including phenoxy) is 1. The second-order valence-corrected chi connectivity index (χ2v) is 10.1. The number of nitrogens with zero attached hydrogens (tertiary/aromatic N) is 4. The standard InChI is InChI=1S/C27H30ClN7O2/c28-21-14-17(2-6-20(21)27(36)32-19-4-5-19)24-16-31-26-25(30-8-1-9-34-10-12-37-13-11-34)33-22-15-18(29)3-7-23(22)35(24)26/h2-3,6-7,14-16,19H,1,4-5,8-13,29H2,(H,30,33)(H,32,36). The molecular formula is C27H30ClN7O2. The average molecular weight is 520 g/mol. The quantitative estimate of drug-likeness (QED) is 0.240. The highest BCUT2D eigenvalue weighted by Gasteiger charge is 2.25. The maximum absolute atomic E-state index is 12.6. The van der Waals surface area contributed by atoms with Crippen LogP contribution in [0.25, 0.3) is 27.9 Å². The maximum Gasteiger partial charge on any atom is 0.253 e. The molecule has 2 aromatic heterocycles. The number of hydrogen-bond acceptors (Lipinski definition) is 7. The summed E-state index contributed by atoms with van der Waals surface area (Å²) in [5.41, 5.74) is 11.3. The van der Waals surface area contributed by atoms with E-state index in [1.54, 1.807) is 6.07 Å². The van der Waals surface area contributed by atoms with Crippen molar-refractivity contribution < 1.29 is 9.53 Å². The second-order valence-electron chi connectivity index (χ2n) is 9.69. The van der Waals surface area contributed by atoms with Crippen LogP contribution >= 0.6 is 11.6 Å². The monoisotopic (exact) mass is 519 g/mol. The zero-order valence-corrected chi connectivity index (χ0v) is 21.3. The Hall–Kier alpha value is -3.40. The van der Waals surface area contributed by atoms with Gasteiger partial charge in [-0.25, -0.2) is 9.97 Å². The van der Waals surface area contributed by atoms with Crippen molar-refractivity contribution in [3.63, 3.8) is 0 Å². The van der Waals surface area contributed by atoms with Gasteiger partial charge in [-0.2, -0.15) is 0 Å². The number of morpholine rings is 1. The Morgan fingerprint density at radius 2 is 2.00 bits per heavy atom. The van der Waals surface area contributed by atoms with E-state index in [0.29, 0.717) is 22.1 Å². The molecule has 4 N–H and O–H groups in total. The lowest BCUT2D eigenvalue weighted by Crippen LogP contribution is -2.37. The van der Waals surface area contributed by atoms with Gasteiger partial charge < -0.3 is 21.1 Å². The van der Waals surface area contributed by atoms with E-state index >= 15 is 0 Å².